The maximum absolute atomic E-state index is 8.66. The summed E-state index contributed by atoms with van der Waals surface area (Å²) in [4.78, 5) is 4.63. The molecule has 1 aliphatic rings. The molecule has 0 radical (unpaired) electrons. The van der Waals surface area contributed by atoms with Gasteiger partial charge in [0.2, 0.25) is 0 Å². The second-order valence-electron chi connectivity index (χ2n) is 3.34. The first-order valence-electron chi connectivity index (χ1n) is 4.32. The number of hydrogen-bond donors (Lipinski definition) is 1. The molecule has 0 saturated heterocycles. The SMILES string of the molecule is OO[C@@H]1Cc2ccccc2C[C@H]1Br. The maximum Gasteiger partial charge on any atom is 0.109 e. The molecule has 1 aromatic rings. The molecular formula is C10H11BrO2. The van der Waals surface area contributed by atoms with E-state index in [1.54, 1.807) is 0 Å². The molecular weight excluding hydrogens is 232 g/mol. The van der Waals surface area contributed by atoms with Crippen LogP contribution in [0.2, 0.25) is 0 Å². The number of fused-ring (bicyclic) bond motifs is 1. The van der Waals surface area contributed by atoms with Crippen molar-refractivity contribution in [3.8, 4) is 0 Å². The Bertz CT molecular complexity index is 301. The van der Waals surface area contributed by atoms with E-state index in [2.05, 4.69) is 33.0 Å². The predicted molar refractivity (Wildman–Crippen MR) is 54.1 cm³/mol. The number of rotatable bonds is 1. The summed E-state index contributed by atoms with van der Waals surface area (Å²) < 4.78 is 0. The molecule has 1 aliphatic carbocycles. The summed E-state index contributed by atoms with van der Waals surface area (Å²) in [6.45, 7) is 0. The Morgan fingerprint density at radius 1 is 1.23 bits per heavy atom. The van der Waals surface area contributed by atoms with Crippen molar-refractivity contribution in [2.75, 3.05) is 0 Å². The minimum Gasteiger partial charge on any atom is -0.251 e. The number of benzene rings is 1. The summed E-state index contributed by atoms with van der Waals surface area (Å²) in [6, 6.07) is 8.26. The quantitative estimate of drug-likeness (QED) is 0.466. The first kappa shape index (κ1) is 9.19. The fourth-order valence-corrected chi connectivity index (χ4v) is 2.38. The monoisotopic (exact) mass is 242 g/mol. The van der Waals surface area contributed by atoms with Crippen LogP contribution in [0.1, 0.15) is 11.1 Å². The zero-order valence-corrected chi connectivity index (χ0v) is 8.70. The van der Waals surface area contributed by atoms with Crippen LogP contribution in [0.15, 0.2) is 24.3 Å². The van der Waals surface area contributed by atoms with E-state index in [0.717, 1.165) is 12.8 Å². The zero-order valence-electron chi connectivity index (χ0n) is 7.11. The van der Waals surface area contributed by atoms with Crippen LogP contribution in [0.25, 0.3) is 0 Å². The van der Waals surface area contributed by atoms with Gasteiger partial charge < -0.3 is 0 Å². The van der Waals surface area contributed by atoms with Gasteiger partial charge >= 0.3 is 0 Å². The van der Waals surface area contributed by atoms with Gasteiger partial charge in [0.1, 0.15) is 6.10 Å². The van der Waals surface area contributed by atoms with Crippen molar-refractivity contribution in [3.63, 3.8) is 0 Å². The highest BCUT2D eigenvalue weighted by molar-refractivity contribution is 9.09. The lowest BCUT2D eigenvalue weighted by atomic mass is 9.90. The highest BCUT2D eigenvalue weighted by Crippen LogP contribution is 2.27. The molecule has 0 fully saturated rings. The largest absolute Gasteiger partial charge is 0.251 e. The fraction of sp³-hybridized carbons (Fsp3) is 0.400. The third kappa shape index (κ3) is 1.77. The van der Waals surface area contributed by atoms with Gasteiger partial charge in [-0.15, -0.1) is 0 Å². The standard InChI is InChI=1S/C10H11BrO2/c11-9-5-7-3-1-2-4-8(7)6-10(9)13-12/h1-4,9-10,12H,5-6H2/t9-,10-/m1/s1. The average molecular weight is 243 g/mol. The first-order valence-corrected chi connectivity index (χ1v) is 5.24. The molecule has 13 heavy (non-hydrogen) atoms. The smallest absolute Gasteiger partial charge is 0.109 e. The van der Waals surface area contributed by atoms with E-state index in [9.17, 15) is 0 Å². The van der Waals surface area contributed by atoms with Crippen molar-refractivity contribution < 1.29 is 10.1 Å². The topological polar surface area (TPSA) is 29.5 Å². The van der Waals surface area contributed by atoms with E-state index < -0.39 is 0 Å². The van der Waals surface area contributed by atoms with Crippen LogP contribution in [-0.2, 0) is 17.7 Å². The summed E-state index contributed by atoms with van der Waals surface area (Å²) in [5.41, 5.74) is 2.62. The van der Waals surface area contributed by atoms with Crippen LogP contribution in [0.3, 0.4) is 0 Å². The zero-order chi connectivity index (χ0) is 9.26. The van der Waals surface area contributed by atoms with E-state index in [0.29, 0.717) is 0 Å². The highest BCUT2D eigenvalue weighted by atomic mass is 79.9. The van der Waals surface area contributed by atoms with Gasteiger partial charge in [0.05, 0.1) is 0 Å². The molecule has 2 nitrogen and oxygen atoms in total. The Hall–Kier alpha value is -0.380. The van der Waals surface area contributed by atoms with Gasteiger partial charge in [-0.25, -0.2) is 4.89 Å². The molecule has 3 heteroatoms. The second-order valence-corrected chi connectivity index (χ2v) is 4.51. The van der Waals surface area contributed by atoms with Gasteiger partial charge in [0.15, 0.2) is 0 Å². The van der Waals surface area contributed by atoms with Crippen molar-refractivity contribution in [1.82, 2.24) is 0 Å². The van der Waals surface area contributed by atoms with Gasteiger partial charge in [-0.2, -0.15) is 0 Å². The Labute approximate surface area is 85.6 Å². The highest BCUT2D eigenvalue weighted by Gasteiger charge is 2.27. The van der Waals surface area contributed by atoms with E-state index in [4.69, 9.17) is 5.26 Å². The van der Waals surface area contributed by atoms with Crippen LogP contribution < -0.4 is 0 Å². The molecule has 0 heterocycles. The normalized spacial score (nSPS) is 26.9. The Kier molecular flexibility index (Phi) is 2.67. The lowest BCUT2D eigenvalue weighted by Crippen LogP contribution is -2.32. The van der Waals surface area contributed by atoms with Gasteiger partial charge in [-0.1, -0.05) is 40.2 Å². The third-order valence-corrected chi connectivity index (χ3v) is 3.41. The number of hydrogen-bond acceptors (Lipinski definition) is 2. The predicted octanol–water partition coefficient (Wildman–Crippen LogP) is 2.41. The second kappa shape index (κ2) is 3.78. The number of halogens is 1. The summed E-state index contributed by atoms with van der Waals surface area (Å²) in [5, 5.41) is 8.66. The van der Waals surface area contributed by atoms with Crippen LogP contribution in [0.5, 0.6) is 0 Å². The molecule has 2 rings (SSSR count). The van der Waals surface area contributed by atoms with E-state index in [1.165, 1.54) is 11.1 Å². The molecule has 1 N–H and O–H groups in total. The Morgan fingerprint density at radius 3 is 2.46 bits per heavy atom. The van der Waals surface area contributed by atoms with Crippen molar-refractivity contribution in [1.29, 1.82) is 0 Å². The minimum absolute atomic E-state index is 0.116. The molecule has 0 aliphatic heterocycles. The van der Waals surface area contributed by atoms with E-state index in [-0.39, 0.29) is 10.9 Å². The molecule has 1 aromatic carbocycles. The van der Waals surface area contributed by atoms with E-state index in [1.807, 2.05) is 12.1 Å². The molecule has 0 unspecified atom stereocenters. The molecule has 0 aromatic heterocycles. The Balaban J connectivity index is 2.27. The van der Waals surface area contributed by atoms with Crippen molar-refractivity contribution in [2.24, 2.45) is 0 Å². The first-order chi connectivity index (χ1) is 6.31. The van der Waals surface area contributed by atoms with Crippen molar-refractivity contribution in [2.45, 2.75) is 23.8 Å². The van der Waals surface area contributed by atoms with Crippen molar-refractivity contribution >= 4 is 15.9 Å². The summed E-state index contributed by atoms with van der Waals surface area (Å²) >= 11 is 3.50. The van der Waals surface area contributed by atoms with Gasteiger partial charge in [-0.05, 0) is 17.5 Å². The van der Waals surface area contributed by atoms with Crippen LogP contribution in [0, 0.1) is 0 Å². The maximum atomic E-state index is 8.66. The summed E-state index contributed by atoms with van der Waals surface area (Å²) in [7, 11) is 0. The molecule has 70 valence electrons. The molecule has 0 amide bonds. The van der Waals surface area contributed by atoms with Gasteiger partial charge in [-0.3, -0.25) is 5.26 Å². The van der Waals surface area contributed by atoms with Gasteiger partial charge in [0, 0.05) is 11.2 Å². The molecule has 0 bridgehead atoms. The van der Waals surface area contributed by atoms with Crippen LogP contribution in [0.4, 0.5) is 0 Å². The number of alkyl halides is 1. The third-order valence-electron chi connectivity index (χ3n) is 2.49. The average Bonchev–Trinajstić information content (AvgIpc) is 2.17. The molecule has 2 atom stereocenters. The minimum atomic E-state index is -0.116. The fourth-order valence-electron chi connectivity index (χ4n) is 1.75. The van der Waals surface area contributed by atoms with Crippen LogP contribution >= 0.6 is 15.9 Å². The summed E-state index contributed by atoms with van der Waals surface area (Å²) in [5.74, 6) is 0. The lowest BCUT2D eigenvalue weighted by molar-refractivity contribution is -0.278. The Morgan fingerprint density at radius 2 is 1.85 bits per heavy atom. The van der Waals surface area contributed by atoms with Crippen LogP contribution in [-0.4, -0.2) is 16.2 Å². The lowest BCUT2D eigenvalue weighted by Gasteiger charge is -2.26. The van der Waals surface area contributed by atoms with Crippen molar-refractivity contribution in [3.05, 3.63) is 35.4 Å². The summed E-state index contributed by atoms with van der Waals surface area (Å²) in [6.07, 6.45) is 1.58. The van der Waals surface area contributed by atoms with E-state index >= 15 is 0 Å². The molecule has 0 saturated carbocycles. The van der Waals surface area contributed by atoms with Gasteiger partial charge in [0.25, 0.3) is 0 Å². The molecule has 0 spiro atoms.